The van der Waals surface area contributed by atoms with E-state index >= 15 is 0 Å². The first-order valence-corrected chi connectivity index (χ1v) is 8.89. The standard InChI is InChI=1S/C19H26N2O4/c1-3-9-20(10-4-2)17(22)14-6-5-7-15(12-14)18(23)21-11-8-16(13-21)19(24)25/h5-7,12,16H,3-4,8-11,13H2,1-2H3,(H,24,25). The van der Waals surface area contributed by atoms with Crippen molar-refractivity contribution >= 4 is 17.8 Å². The van der Waals surface area contributed by atoms with Gasteiger partial charge in [-0.2, -0.15) is 0 Å². The molecule has 1 aromatic carbocycles. The van der Waals surface area contributed by atoms with E-state index in [1.54, 1.807) is 34.1 Å². The summed E-state index contributed by atoms with van der Waals surface area (Å²) in [5.74, 6) is -1.65. The smallest absolute Gasteiger partial charge is 0.308 e. The minimum absolute atomic E-state index is 0.0665. The molecule has 6 nitrogen and oxygen atoms in total. The number of benzene rings is 1. The summed E-state index contributed by atoms with van der Waals surface area (Å²) in [4.78, 5) is 39.7. The van der Waals surface area contributed by atoms with Gasteiger partial charge >= 0.3 is 5.97 Å². The molecule has 0 spiro atoms. The van der Waals surface area contributed by atoms with Gasteiger partial charge in [0.25, 0.3) is 11.8 Å². The van der Waals surface area contributed by atoms with E-state index in [2.05, 4.69) is 0 Å². The van der Waals surface area contributed by atoms with Gasteiger partial charge in [-0.05, 0) is 37.5 Å². The van der Waals surface area contributed by atoms with Crippen LogP contribution in [0.4, 0.5) is 0 Å². The third kappa shape index (κ3) is 4.59. The summed E-state index contributed by atoms with van der Waals surface area (Å²) >= 11 is 0. The summed E-state index contributed by atoms with van der Waals surface area (Å²) < 4.78 is 0. The zero-order valence-electron chi connectivity index (χ0n) is 14.9. The van der Waals surface area contributed by atoms with Gasteiger partial charge < -0.3 is 14.9 Å². The van der Waals surface area contributed by atoms with E-state index in [1.807, 2.05) is 13.8 Å². The Morgan fingerprint density at radius 2 is 1.80 bits per heavy atom. The Hall–Kier alpha value is -2.37. The van der Waals surface area contributed by atoms with Crippen LogP contribution < -0.4 is 0 Å². The van der Waals surface area contributed by atoms with Gasteiger partial charge in [-0.3, -0.25) is 14.4 Å². The molecule has 1 aliphatic heterocycles. The molecule has 1 N–H and O–H groups in total. The molecule has 6 heteroatoms. The second-order valence-corrected chi connectivity index (χ2v) is 6.45. The molecule has 1 fully saturated rings. The third-order valence-electron chi connectivity index (χ3n) is 4.46. The van der Waals surface area contributed by atoms with Crippen LogP contribution >= 0.6 is 0 Å². The Balaban J connectivity index is 2.14. The maximum Gasteiger partial charge on any atom is 0.308 e. The van der Waals surface area contributed by atoms with Crippen LogP contribution in [0, 0.1) is 5.92 Å². The highest BCUT2D eigenvalue weighted by Gasteiger charge is 2.31. The maximum atomic E-state index is 12.7. The van der Waals surface area contributed by atoms with Crippen LogP contribution in [0.1, 0.15) is 53.8 Å². The van der Waals surface area contributed by atoms with Crippen LogP contribution in [0.5, 0.6) is 0 Å². The molecular weight excluding hydrogens is 320 g/mol. The number of hydrogen-bond acceptors (Lipinski definition) is 3. The molecular formula is C19H26N2O4. The molecule has 0 saturated carbocycles. The van der Waals surface area contributed by atoms with Crippen molar-refractivity contribution in [3.8, 4) is 0 Å². The van der Waals surface area contributed by atoms with Gasteiger partial charge in [0, 0.05) is 37.3 Å². The van der Waals surface area contributed by atoms with Crippen LogP contribution in [-0.2, 0) is 4.79 Å². The van der Waals surface area contributed by atoms with Crippen molar-refractivity contribution in [2.45, 2.75) is 33.1 Å². The predicted octanol–water partition coefficient (Wildman–Crippen LogP) is 2.50. The lowest BCUT2D eigenvalue weighted by Crippen LogP contribution is -2.33. The first-order valence-electron chi connectivity index (χ1n) is 8.89. The summed E-state index contributed by atoms with van der Waals surface area (Å²) in [6.07, 6.45) is 2.24. The number of amides is 2. The molecule has 1 atom stereocenters. The molecule has 1 heterocycles. The fourth-order valence-corrected chi connectivity index (χ4v) is 3.15. The van der Waals surface area contributed by atoms with Crippen LogP contribution in [0.15, 0.2) is 24.3 Å². The van der Waals surface area contributed by atoms with Crippen molar-refractivity contribution < 1.29 is 19.5 Å². The average molecular weight is 346 g/mol. The van der Waals surface area contributed by atoms with Gasteiger partial charge in [-0.1, -0.05) is 19.9 Å². The summed E-state index contributed by atoms with van der Waals surface area (Å²) in [6.45, 7) is 6.11. The lowest BCUT2D eigenvalue weighted by atomic mass is 10.1. The summed E-state index contributed by atoms with van der Waals surface area (Å²) in [7, 11) is 0. The summed E-state index contributed by atoms with van der Waals surface area (Å²) in [5, 5.41) is 9.07. The molecule has 2 rings (SSSR count). The Morgan fingerprint density at radius 1 is 1.16 bits per heavy atom. The lowest BCUT2D eigenvalue weighted by molar-refractivity contribution is -0.141. The molecule has 0 bridgehead atoms. The van der Waals surface area contributed by atoms with E-state index < -0.39 is 11.9 Å². The number of hydrogen-bond donors (Lipinski definition) is 1. The van der Waals surface area contributed by atoms with Crippen LogP contribution in [0.25, 0.3) is 0 Å². The van der Waals surface area contributed by atoms with Crippen molar-refractivity contribution in [3.63, 3.8) is 0 Å². The minimum Gasteiger partial charge on any atom is -0.481 e. The highest BCUT2D eigenvalue weighted by Crippen LogP contribution is 2.20. The van der Waals surface area contributed by atoms with Gasteiger partial charge in [-0.15, -0.1) is 0 Å². The molecule has 0 aromatic heterocycles. The molecule has 0 radical (unpaired) electrons. The highest BCUT2D eigenvalue weighted by molar-refractivity contribution is 6.00. The van der Waals surface area contributed by atoms with Crippen LogP contribution in [0.2, 0.25) is 0 Å². The Bertz CT molecular complexity index is 638. The number of carbonyl (C=O) groups excluding carboxylic acids is 2. The first-order chi connectivity index (χ1) is 12.0. The Kier molecular flexibility index (Phi) is 6.56. The van der Waals surface area contributed by atoms with Crippen LogP contribution in [0.3, 0.4) is 0 Å². The zero-order valence-corrected chi connectivity index (χ0v) is 14.9. The van der Waals surface area contributed by atoms with Gasteiger partial charge in [0.15, 0.2) is 0 Å². The quantitative estimate of drug-likeness (QED) is 0.823. The summed E-state index contributed by atoms with van der Waals surface area (Å²) in [5.41, 5.74) is 0.937. The van der Waals surface area contributed by atoms with E-state index in [-0.39, 0.29) is 18.4 Å². The summed E-state index contributed by atoms with van der Waals surface area (Å²) in [6, 6.07) is 6.73. The number of carboxylic acids is 1. The number of likely N-dealkylation sites (tertiary alicyclic amines) is 1. The predicted molar refractivity (Wildman–Crippen MR) is 94.6 cm³/mol. The minimum atomic E-state index is -0.867. The average Bonchev–Trinajstić information content (AvgIpc) is 3.11. The number of aliphatic carboxylic acids is 1. The van der Waals surface area contributed by atoms with Crippen molar-refractivity contribution in [1.82, 2.24) is 9.80 Å². The van der Waals surface area contributed by atoms with Crippen molar-refractivity contribution in [2.24, 2.45) is 5.92 Å². The molecule has 25 heavy (non-hydrogen) atoms. The molecule has 1 aliphatic rings. The number of carboxylic acid groups (broad SMARTS) is 1. The molecule has 136 valence electrons. The van der Waals surface area contributed by atoms with E-state index in [0.29, 0.717) is 37.2 Å². The van der Waals surface area contributed by atoms with Crippen LogP contribution in [-0.4, -0.2) is 58.9 Å². The molecule has 0 aliphatic carbocycles. The molecule has 1 saturated heterocycles. The van der Waals surface area contributed by atoms with E-state index in [0.717, 1.165) is 12.8 Å². The topological polar surface area (TPSA) is 77.9 Å². The normalized spacial score (nSPS) is 16.7. The molecule has 1 unspecified atom stereocenters. The van der Waals surface area contributed by atoms with E-state index in [1.165, 1.54) is 0 Å². The highest BCUT2D eigenvalue weighted by atomic mass is 16.4. The number of carbonyl (C=O) groups is 3. The first kappa shape index (κ1) is 19.0. The second kappa shape index (κ2) is 8.65. The maximum absolute atomic E-state index is 12.7. The van der Waals surface area contributed by atoms with Gasteiger partial charge in [0.2, 0.25) is 0 Å². The monoisotopic (exact) mass is 346 g/mol. The van der Waals surface area contributed by atoms with E-state index in [9.17, 15) is 14.4 Å². The Morgan fingerprint density at radius 3 is 2.36 bits per heavy atom. The third-order valence-corrected chi connectivity index (χ3v) is 4.46. The fourth-order valence-electron chi connectivity index (χ4n) is 3.15. The van der Waals surface area contributed by atoms with Gasteiger partial charge in [-0.25, -0.2) is 0 Å². The number of nitrogens with zero attached hydrogens (tertiary/aromatic N) is 2. The number of rotatable bonds is 7. The SMILES string of the molecule is CCCN(CCC)C(=O)c1cccc(C(=O)N2CCC(C(=O)O)C2)c1. The molecule has 1 aromatic rings. The largest absolute Gasteiger partial charge is 0.481 e. The molecule has 2 amide bonds. The van der Waals surface area contributed by atoms with Crippen molar-refractivity contribution in [3.05, 3.63) is 35.4 Å². The van der Waals surface area contributed by atoms with Crippen molar-refractivity contribution in [1.29, 1.82) is 0 Å². The fraction of sp³-hybridized carbons (Fsp3) is 0.526. The zero-order chi connectivity index (χ0) is 18.4. The van der Waals surface area contributed by atoms with Gasteiger partial charge in [0.05, 0.1) is 5.92 Å². The second-order valence-electron chi connectivity index (χ2n) is 6.45. The Labute approximate surface area is 148 Å². The van der Waals surface area contributed by atoms with Crippen molar-refractivity contribution in [2.75, 3.05) is 26.2 Å². The van der Waals surface area contributed by atoms with Gasteiger partial charge in [0.1, 0.15) is 0 Å². The lowest BCUT2D eigenvalue weighted by Gasteiger charge is -2.22. The van der Waals surface area contributed by atoms with E-state index in [4.69, 9.17) is 5.11 Å².